The second-order valence-corrected chi connectivity index (χ2v) is 3.05. The summed E-state index contributed by atoms with van der Waals surface area (Å²) in [5.74, 6) is -0.300. The molecule has 0 unspecified atom stereocenters. The van der Waals surface area contributed by atoms with Crippen molar-refractivity contribution in [1.29, 1.82) is 0 Å². The van der Waals surface area contributed by atoms with E-state index in [2.05, 4.69) is 20.9 Å². The van der Waals surface area contributed by atoms with E-state index in [9.17, 15) is 18.0 Å². The summed E-state index contributed by atoms with van der Waals surface area (Å²) in [4.78, 5) is 14.2. The van der Waals surface area contributed by atoms with Gasteiger partial charge >= 0.3 is 6.18 Å². The smallest absolute Gasteiger partial charge is 0.293 e. The summed E-state index contributed by atoms with van der Waals surface area (Å²) in [5, 5.41) is 0.0695. The predicted molar refractivity (Wildman–Crippen MR) is 47.4 cm³/mol. The molecule has 1 heterocycles. The summed E-state index contributed by atoms with van der Waals surface area (Å²) in [6.45, 7) is 0. The van der Waals surface area contributed by atoms with Crippen molar-refractivity contribution in [2.45, 2.75) is 6.18 Å². The molecule has 0 aromatic carbocycles. The Balaban J connectivity index is 2.95. The number of hydrogen-bond acceptors (Lipinski definition) is 2. The summed E-state index contributed by atoms with van der Waals surface area (Å²) in [5.41, 5.74) is -0.835. The third-order valence-electron chi connectivity index (χ3n) is 1.50. The molecule has 0 radical (unpaired) electrons. The first kappa shape index (κ1) is 11.2. The van der Waals surface area contributed by atoms with Crippen LogP contribution in [0.3, 0.4) is 0 Å². The number of carbonyl (C=O) groups excluding carboxylic acids is 1. The van der Waals surface area contributed by atoms with Gasteiger partial charge in [-0.1, -0.05) is 15.9 Å². The van der Waals surface area contributed by atoms with E-state index in [0.717, 1.165) is 18.3 Å². The van der Waals surface area contributed by atoms with Gasteiger partial charge in [0.25, 0.3) is 0 Å². The summed E-state index contributed by atoms with van der Waals surface area (Å²) in [6.07, 6.45) is -3.54. The average Bonchev–Trinajstić information content (AvgIpc) is 2.15. The van der Waals surface area contributed by atoms with Crippen LogP contribution in [-0.2, 0) is 6.18 Å². The lowest BCUT2D eigenvalue weighted by Crippen LogP contribution is -2.09. The highest BCUT2D eigenvalue weighted by Gasteiger charge is 2.32. The van der Waals surface area contributed by atoms with Crippen LogP contribution in [0.2, 0.25) is 0 Å². The van der Waals surface area contributed by atoms with Gasteiger partial charge in [-0.15, -0.1) is 0 Å². The normalized spacial score (nSPS) is 11.4. The fourth-order valence-corrected chi connectivity index (χ4v) is 1.13. The molecule has 6 heteroatoms. The minimum atomic E-state index is -4.46. The molecule has 14 heavy (non-hydrogen) atoms. The van der Waals surface area contributed by atoms with Gasteiger partial charge in [-0.2, -0.15) is 13.2 Å². The third kappa shape index (κ3) is 2.54. The van der Waals surface area contributed by atoms with E-state index in [0.29, 0.717) is 0 Å². The van der Waals surface area contributed by atoms with E-state index in [1.54, 1.807) is 0 Å². The zero-order chi connectivity index (χ0) is 10.8. The van der Waals surface area contributed by atoms with Crippen molar-refractivity contribution in [3.8, 4) is 0 Å². The van der Waals surface area contributed by atoms with Crippen molar-refractivity contribution in [3.63, 3.8) is 0 Å². The molecule has 0 fully saturated rings. The van der Waals surface area contributed by atoms with Gasteiger partial charge in [0.2, 0.25) is 0 Å². The molecule has 0 bridgehead atoms. The van der Waals surface area contributed by atoms with Crippen LogP contribution < -0.4 is 0 Å². The van der Waals surface area contributed by atoms with E-state index in [1.807, 2.05) is 0 Å². The van der Waals surface area contributed by atoms with Crippen molar-refractivity contribution < 1.29 is 18.0 Å². The molecular weight excluding hydrogens is 263 g/mol. The van der Waals surface area contributed by atoms with Crippen LogP contribution in [-0.4, -0.2) is 16.1 Å². The van der Waals surface area contributed by atoms with Gasteiger partial charge < -0.3 is 0 Å². The molecule has 0 saturated heterocycles. The second kappa shape index (κ2) is 4.08. The molecule has 1 aromatic rings. The Labute approximate surface area is 86.3 Å². The fraction of sp³-hybridized carbons (Fsp3) is 0.250. The first-order chi connectivity index (χ1) is 6.45. The molecular formula is C8H5BrF3NO. The van der Waals surface area contributed by atoms with E-state index in [-0.39, 0.29) is 16.7 Å². The average molecular weight is 268 g/mol. The second-order valence-electron chi connectivity index (χ2n) is 2.49. The maximum absolute atomic E-state index is 12.0. The Morgan fingerprint density at radius 3 is 2.43 bits per heavy atom. The Bertz CT molecular complexity index is 333. The number of nitrogens with zero attached hydrogens (tertiary/aromatic N) is 1. The maximum atomic E-state index is 12.0. The zero-order valence-electron chi connectivity index (χ0n) is 6.81. The number of carbonyl (C=O) groups is 1. The minimum Gasteiger partial charge on any atom is -0.293 e. The first-order valence-corrected chi connectivity index (χ1v) is 4.69. The molecule has 0 aliphatic heterocycles. The number of Topliss-reactive ketones (excluding diaryl/α,β-unsaturated/α-hetero) is 1. The van der Waals surface area contributed by atoms with Crippen molar-refractivity contribution in [3.05, 3.63) is 29.6 Å². The van der Waals surface area contributed by atoms with Crippen molar-refractivity contribution in [1.82, 2.24) is 4.98 Å². The molecule has 1 aromatic heterocycles. The van der Waals surface area contributed by atoms with Crippen LogP contribution in [0, 0.1) is 0 Å². The van der Waals surface area contributed by atoms with Crippen molar-refractivity contribution >= 4 is 21.7 Å². The highest BCUT2D eigenvalue weighted by molar-refractivity contribution is 9.09. The van der Waals surface area contributed by atoms with Crippen LogP contribution in [0.4, 0.5) is 13.2 Å². The van der Waals surface area contributed by atoms with Crippen LogP contribution in [0.25, 0.3) is 0 Å². The topological polar surface area (TPSA) is 30.0 Å². The lowest BCUT2D eigenvalue weighted by molar-refractivity contribution is -0.141. The third-order valence-corrected chi connectivity index (χ3v) is 2.01. The van der Waals surface area contributed by atoms with Gasteiger partial charge in [0.15, 0.2) is 5.78 Å². The minimum absolute atomic E-state index is 0.0695. The Morgan fingerprint density at radius 2 is 2.07 bits per heavy atom. The largest absolute Gasteiger partial charge is 0.433 e. The van der Waals surface area contributed by atoms with Gasteiger partial charge in [-0.3, -0.25) is 9.78 Å². The standard InChI is InChI=1S/C8H5BrF3NO/c9-3-6(14)5-1-2-7(13-4-5)8(10,11)12/h1-2,4H,3H2. The Hall–Kier alpha value is -0.910. The Kier molecular flexibility index (Phi) is 3.25. The molecule has 0 N–H and O–H groups in total. The quantitative estimate of drug-likeness (QED) is 0.609. The molecule has 2 nitrogen and oxygen atoms in total. The van der Waals surface area contributed by atoms with Gasteiger partial charge in [0.05, 0.1) is 5.33 Å². The van der Waals surface area contributed by atoms with Crippen molar-refractivity contribution in [2.75, 3.05) is 5.33 Å². The monoisotopic (exact) mass is 267 g/mol. The highest BCUT2D eigenvalue weighted by Crippen LogP contribution is 2.27. The van der Waals surface area contributed by atoms with Crippen molar-refractivity contribution in [2.24, 2.45) is 0 Å². The fourth-order valence-electron chi connectivity index (χ4n) is 0.804. The van der Waals surface area contributed by atoms with Crippen LogP contribution >= 0.6 is 15.9 Å². The van der Waals surface area contributed by atoms with Crippen LogP contribution in [0.5, 0.6) is 0 Å². The van der Waals surface area contributed by atoms with E-state index < -0.39 is 11.9 Å². The van der Waals surface area contributed by atoms with Gasteiger partial charge in [0.1, 0.15) is 5.69 Å². The molecule has 0 aliphatic rings. The summed E-state index contributed by atoms with van der Waals surface area (Å²) in [7, 11) is 0. The maximum Gasteiger partial charge on any atom is 0.433 e. The number of pyridine rings is 1. The molecule has 1 rings (SSSR count). The van der Waals surface area contributed by atoms with Gasteiger partial charge in [0, 0.05) is 11.8 Å². The number of hydrogen-bond donors (Lipinski definition) is 0. The number of aromatic nitrogens is 1. The lowest BCUT2D eigenvalue weighted by atomic mass is 10.2. The van der Waals surface area contributed by atoms with E-state index in [1.165, 1.54) is 0 Å². The first-order valence-electron chi connectivity index (χ1n) is 3.57. The molecule has 0 atom stereocenters. The summed E-state index contributed by atoms with van der Waals surface area (Å²) in [6, 6.07) is 1.90. The Morgan fingerprint density at radius 1 is 1.43 bits per heavy atom. The van der Waals surface area contributed by atoms with Gasteiger partial charge in [-0.25, -0.2) is 0 Å². The molecule has 76 valence electrons. The number of halogens is 4. The molecule has 0 amide bonds. The van der Waals surface area contributed by atoms with Crippen LogP contribution in [0.1, 0.15) is 16.1 Å². The van der Waals surface area contributed by atoms with E-state index in [4.69, 9.17) is 0 Å². The highest BCUT2D eigenvalue weighted by atomic mass is 79.9. The zero-order valence-corrected chi connectivity index (χ0v) is 8.39. The predicted octanol–water partition coefficient (Wildman–Crippen LogP) is 2.68. The van der Waals surface area contributed by atoms with Gasteiger partial charge in [-0.05, 0) is 12.1 Å². The SMILES string of the molecule is O=C(CBr)c1ccc(C(F)(F)F)nc1. The van der Waals surface area contributed by atoms with Crippen LogP contribution in [0.15, 0.2) is 18.3 Å². The summed E-state index contributed by atoms with van der Waals surface area (Å²) < 4.78 is 36.1. The molecule has 0 aliphatic carbocycles. The number of ketones is 1. The number of rotatable bonds is 2. The lowest BCUT2D eigenvalue weighted by Gasteiger charge is -2.05. The summed E-state index contributed by atoms with van der Waals surface area (Å²) >= 11 is 2.91. The van der Waals surface area contributed by atoms with E-state index >= 15 is 0 Å². The molecule has 0 spiro atoms. The number of alkyl halides is 4. The molecule has 0 saturated carbocycles.